The Labute approximate surface area is 85.7 Å². The zero-order valence-electron chi connectivity index (χ0n) is 7.93. The minimum absolute atomic E-state index is 0.0503. The summed E-state index contributed by atoms with van der Waals surface area (Å²) in [5.41, 5.74) is 0.0503. The predicted molar refractivity (Wildman–Crippen MR) is 49.6 cm³/mol. The van der Waals surface area contributed by atoms with E-state index in [1.54, 1.807) is 0 Å². The molecular formula is C9H9N3O3. The molecule has 78 valence electrons. The molecule has 2 heterocycles. The second-order valence-corrected chi connectivity index (χ2v) is 3.28. The molecule has 1 aliphatic heterocycles. The molecule has 0 aromatic carbocycles. The Hall–Kier alpha value is -2.03. The maximum Gasteiger partial charge on any atom is 0.392 e. The third-order valence-corrected chi connectivity index (χ3v) is 2.29. The fourth-order valence-electron chi connectivity index (χ4n) is 1.61. The Morgan fingerprint density at radius 1 is 1.53 bits per heavy atom. The minimum Gasteiger partial charge on any atom is -0.474 e. The van der Waals surface area contributed by atoms with Gasteiger partial charge in [0.25, 0.3) is 0 Å². The molecule has 0 amide bonds. The summed E-state index contributed by atoms with van der Waals surface area (Å²) in [5, 5.41) is 17.5. The third kappa shape index (κ3) is 1.64. The van der Waals surface area contributed by atoms with Gasteiger partial charge in [0.1, 0.15) is 6.07 Å². The van der Waals surface area contributed by atoms with Gasteiger partial charge in [-0.2, -0.15) is 10.2 Å². The molecule has 1 N–H and O–H groups in total. The van der Waals surface area contributed by atoms with E-state index in [4.69, 9.17) is 14.8 Å². The molecule has 1 aromatic heterocycles. The molecule has 0 bridgehead atoms. The van der Waals surface area contributed by atoms with E-state index in [1.807, 2.05) is 11.0 Å². The van der Waals surface area contributed by atoms with Crippen LogP contribution in [0.1, 0.15) is 29.2 Å². The van der Waals surface area contributed by atoms with Gasteiger partial charge >= 0.3 is 11.9 Å². The zero-order chi connectivity index (χ0) is 10.8. The number of aromatic carboxylic acids is 1. The van der Waals surface area contributed by atoms with Crippen LogP contribution >= 0.6 is 0 Å². The van der Waals surface area contributed by atoms with Crippen molar-refractivity contribution in [3.05, 3.63) is 11.6 Å². The molecule has 15 heavy (non-hydrogen) atoms. The van der Waals surface area contributed by atoms with Crippen LogP contribution in [0.4, 0.5) is 5.88 Å². The van der Waals surface area contributed by atoms with Crippen molar-refractivity contribution in [1.29, 1.82) is 5.26 Å². The first kappa shape index (κ1) is 9.52. The molecule has 1 saturated heterocycles. The van der Waals surface area contributed by atoms with Gasteiger partial charge in [-0.3, -0.25) is 0 Å². The average Bonchev–Trinajstić information content (AvgIpc) is 2.86. The second kappa shape index (κ2) is 3.61. The molecule has 0 atom stereocenters. The number of aromatic nitrogens is 1. The third-order valence-electron chi connectivity index (χ3n) is 2.29. The number of carboxylic acids is 1. The lowest BCUT2D eigenvalue weighted by Crippen LogP contribution is -2.17. The number of carbonyl (C=O) groups is 1. The summed E-state index contributed by atoms with van der Waals surface area (Å²) in [6.07, 6.45) is 2.04. The highest BCUT2D eigenvalue weighted by Gasteiger charge is 2.24. The summed E-state index contributed by atoms with van der Waals surface area (Å²) in [6, 6.07) is 1.84. The quantitative estimate of drug-likeness (QED) is 0.772. The van der Waals surface area contributed by atoms with E-state index in [9.17, 15) is 4.79 Å². The van der Waals surface area contributed by atoms with Crippen molar-refractivity contribution < 1.29 is 14.3 Å². The summed E-state index contributed by atoms with van der Waals surface area (Å²) in [4.78, 5) is 16.1. The van der Waals surface area contributed by atoms with Crippen LogP contribution in [0, 0.1) is 11.3 Å². The summed E-state index contributed by atoms with van der Waals surface area (Å²) in [7, 11) is 0. The molecule has 6 nitrogen and oxygen atoms in total. The summed E-state index contributed by atoms with van der Waals surface area (Å²) in [6.45, 7) is 1.56. The van der Waals surface area contributed by atoms with E-state index >= 15 is 0 Å². The average molecular weight is 207 g/mol. The lowest BCUT2D eigenvalue weighted by Gasteiger charge is -2.12. The Balaban J connectivity index is 2.37. The van der Waals surface area contributed by atoms with Crippen molar-refractivity contribution in [1.82, 2.24) is 4.98 Å². The van der Waals surface area contributed by atoms with Crippen LogP contribution in [-0.4, -0.2) is 29.1 Å². The molecule has 0 radical (unpaired) electrons. The number of rotatable bonds is 2. The van der Waals surface area contributed by atoms with Crippen LogP contribution in [0.5, 0.6) is 0 Å². The van der Waals surface area contributed by atoms with Crippen LogP contribution in [0.15, 0.2) is 4.42 Å². The molecule has 0 spiro atoms. The molecule has 6 heteroatoms. The highest BCUT2D eigenvalue weighted by atomic mass is 16.4. The second-order valence-electron chi connectivity index (χ2n) is 3.28. The van der Waals surface area contributed by atoms with E-state index in [1.165, 1.54) is 0 Å². The van der Waals surface area contributed by atoms with Crippen LogP contribution in [0.25, 0.3) is 0 Å². The van der Waals surface area contributed by atoms with Gasteiger partial charge in [-0.05, 0) is 12.8 Å². The number of carboxylic acid groups (broad SMARTS) is 1. The first-order chi connectivity index (χ1) is 7.22. The molecule has 1 aliphatic rings. The van der Waals surface area contributed by atoms with E-state index in [0.717, 1.165) is 25.9 Å². The SMILES string of the molecule is N#Cc1nc(C(=O)O)oc1N1CCCC1. The normalized spacial score (nSPS) is 15.3. The molecule has 0 aliphatic carbocycles. The van der Waals surface area contributed by atoms with Gasteiger partial charge in [0.15, 0.2) is 0 Å². The summed E-state index contributed by atoms with van der Waals surface area (Å²) >= 11 is 0. The number of hydrogen-bond acceptors (Lipinski definition) is 5. The highest BCUT2D eigenvalue weighted by Crippen LogP contribution is 2.25. The van der Waals surface area contributed by atoms with Gasteiger partial charge in [0.2, 0.25) is 11.6 Å². The van der Waals surface area contributed by atoms with Crippen LogP contribution in [0.2, 0.25) is 0 Å². The molecular weight excluding hydrogens is 198 g/mol. The predicted octanol–water partition coefficient (Wildman–Crippen LogP) is 0.845. The smallest absolute Gasteiger partial charge is 0.392 e. The number of nitriles is 1. The first-order valence-corrected chi connectivity index (χ1v) is 4.61. The van der Waals surface area contributed by atoms with E-state index < -0.39 is 11.9 Å². The topological polar surface area (TPSA) is 90.4 Å². The maximum atomic E-state index is 10.6. The summed E-state index contributed by atoms with van der Waals surface area (Å²) in [5.74, 6) is -1.39. The summed E-state index contributed by atoms with van der Waals surface area (Å²) < 4.78 is 5.04. The monoisotopic (exact) mass is 207 g/mol. The Morgan fingerprint density at radius 2 is 2.20 bits per heavy atom. The Morgan fingerprint density at radius 3 is 2.73 bits per heavy atom. The van der Waals surface area contributed by atoms with Gasteiger partial charge in [0, 0.05) is 13.1 Å². The molecule has 0 saturated carbocycles. The van der Waals surface area contributed by atoms with Crippen molar-refractivity contribution in [2.45, 2.75) is 12.8 Å². The van der Waals surface area contributed by atoms with Crippen molar-refractivity contribution in [3.8, 4) is 6.07 Å². The number of anilines is 1. The largest absolute Gasteiger partial charge is 0.474 e. The first-order valence-electron chi connectivity index (χ1n) is 4.61. The molecule has 1 aromatic rings. The van der Waals surface area contributed by atoms with Gasteiger partial charge in [-0.25, -0.2) is 4.79 Å². The zero-order valence-corrected chi connectivity index (χ0v) is 7.93. The number of nitrogens with zero attached hydrogens (tertiary/aromatic N) is 3. The van der Waals surface area contributed by atoms with Crippen molar-refractivity contribution in [2.75, 3.05) is 18.0 Å². The van der Waals surface area contributed by atoms with Crippen LogP contribution < -0.4 is 4.90 Å². The van der Waals surface area contributed by atoms with Crippen molar-refractivity contribution >= 4 is 11.9 Å². The Bertz CT molecular complexity index is 426. The van der Waals surface area contributed by atoms with E-state index in [2.05, 4.69) is 4.98 Å². The van der Waals surface area contributed by atoms with Crippen LogP contribution in [-0.2, 0) is 0 Å². The lowest BCUT2D eigenvalue weighted by molar-refractivity contribution is 0.0654. The standard InChI is InChI=1S/C9H9N3O3/c10-5-6-8(12-3-1-2-4-12)15-7(11-6)9(13)14/h1-4H2,(H,13,14). The van der Waals surface area contributed by atoms with E-state index in [0.29, 0.717) is 0 Å². The molecule has 2 rings (SSSR count). The van der Waals surface area contributed by atoms with Crippen LogP contribution in [0.3, 0.4) is 0 Å². The fraction of sp³-hybridized carbons (Fsp3) is 0.444. The van der Waals surface area contributed by atoms with E-state index in [-0.39, 0.29) is 11.6 Å². The van der Waals surface area contributed by atoms with Gasteiger partial charge in [-0.1, -0.05) is 0 Å². The number of oxazole rings is 1. The molecule has 1 fully saturated rings. The lowest BCUT2D eigenvalue weighted by atomic mass is 10.4. The fourth-order valence-corrected chi connectivity index (χ4v) is 1.61. The minimum atomic E-state index is -1.25. The van der Waals surface area contributed by atoms with Crippen molar-refractivity contribution in [3.63, 3.8) is 0 Å². The van der Waals surface area contributed by atoms with Gasteiger partial charge < -0.3 is 14.4 Å². The van der Waals surface area contributed by atoms with Crippen molar-refractivity contribution in [2.24, 2.45) is 0 Å². The van der Waals surface area contributed by atoms with Gasteiger partial charge in [0.05, 0.1) is 0 Å². The number of hydrogen-bond donors (Lipinski definition) is 1. The van der Waals surface area contributed by atoms with Gasteiger partial charge in [-0.15, -0.1) is 0 Å². The molecule has 0 unspecified atom stereocenters. The Kier molecular flexibility index (Phi) is 2.29. The maximum absolute atomic E-state index is 10.6. The highest BCUT2D eigenvalue weighted by molar-refractivity contribution is 5.83.